The summed E-state index contributed by atoms with van der Waals surface area (Å²) in [5, 5.41) is 2.94. The van der Waals surface area contributed by atoms with Crippen molar-refractivity contribution in [2.75, 3.05) is 13.7 Å². The molecule has 0 radical (unpaired) electrons. The molecule has 0 fully saturated rings. The zero-order chi connectivity index (χ0) is 13.5. The predicted molar refractivity (Wildman–Crippen MR) is 76.3 cm³/mol. The van der Waals surface area contributed by atoms with E-state index in [-0.39, 0.29) is 6.54 Å². The second kappa shape index (κ2) is 6.44. The van der Waals surface area contributed by atoms with Crippen molar-refractivity contribution in [1.82, 2.24) is 0 Å². The molecule has 0 unspecified atom stereocenters. The van der Waals surface area contributed by atoms with Gasteiger partial charge in [-0.15, -0.1) is 0 Å². The number of hydrogen-bond donors (Lipinski definition) is 0. The molecule has 19 heavy (non-hydrogen) atoms. The minimum atomic E-state index is 0.0516. The highest BCUT2D eigenvalue weighted by atomic mass is 16.5. The fourth-order valence-electron chi connectivity index (χ4n) is 1.70. The van der Waals surface area contributed by atoms with Crippen molar-refractivity contribution >= 4 is 11.4 Å². The smallest absolute Gasteiger partial charge is 0.124 e. The van der Waals surface area contributed by atoms with Gasteiger partial charge in [0, 0.05) is 0 Å². The first-order chi connectivity index (χ1) is 9.33. The van der Waals surface area contributed by atoms with Crippen LogP contribution < -0.4 is 4.74 Å². The van der Waals surface area contributed by atoms with Gasteiger partial charge in [0.05, 0.1) is 18.5 Å². The fourth-order valence-corrected chi connectivity index (χ4v) is 1.70. The molecule has 0 saturated carbocycles. The van der Waals surface area contributed by atoms with Crippen LogP contribution >= 0.6 is 0 Å². The summed E-state index contributed by atoms with van der Waals surface area (Å²) < 4.78 is 5.09. The van der Waals surface area contributed by atoms with E-state index in [4.69, 9.17) is 4.74 Å². The first-order valence-corrected chi connectivity index (χ1v) is 5.89. The molecule has 2 rings (SSSR count). The Hall–Kier alpha value is -2.49. The molecule has 0 aliphatic rings. The van der Waals surface area contributed by atoms with Crippen molar-refractivity contribution in [2.24, 2.45) is 10.2 Å². The average molecular weight is 254 g/mol. The third kappa shape index (κ3) is 3.48. The topological polar surface area (TPSA) is 51.0 Å². The van der Waals surface area contributed by atoms with Gasteiger partial charge in [0.15, 0.2) is 0 Å². The first kappa shape index (κ1) is 13.0. The van der Waals surface area contributed by atoms with E-state index < -0.39 is 0 Å². The van der Waals surface area contributed by atoms with Gasteiger partial charge in [0.25, 0.3) is 0 Å². The Morgan fingerprint density at radius 2 is 1.74 bits per heavy atom. The van der Waals surface area contributed by atoms with Crippen molar-refractivity contribution < 1.29 is 4.74 Å². The molecule has 0 aromatic heterocycles. The average Bonchev–Trinajstić information content (AvgIpc) is 2.48. The van der Waals surface area contributed by atoms with Gasteiger partial charge in [-0.1, -0.05) is 35.5 Å². The van der Waals surface area contributed by atoms with E-state index in [2.05, 4.69) is 10.2 Å². The normalized spacial score (nSPS) is 11.1. The van der Waals surface area contributed by atoms with Crippen molar-refractivity contribution in [3.63, 3.8) is 0 Å². The molecular formula is C15H14N2O2. The molecule has 0 bridgehead atoms. The lowest BCUT2D eigenvalue weighted by Crippen LogP contribution is -2.04. The molecule has 4 nitrogen and oxygen atoms in total. The van der Waals surface area contributed by atoms with Crippen LogP contribution in [-0.4, -0.2) is 19.4 Å². The summed E-state index contributed by atoms with van der Waals surface area (Å²) in [5.74, 6) is 0.772. The van der Waals surface area contributed by atoms with E-state index in [0.29, 0.717) is 5.71 Å². The van der Waals surface area contributed by atoms with E-state index in [1.54, 1.807) is 7.11 Å². The van der Waals surface area contributed by atoms with Crippen LogP contribution in [0.25, 0.3) is 0 Å². The van der Waals surface area contributed by atoms with Gasteiger partial charge in [0.1, 0.15) is 12.3 Å². The minimum absolute atomic E-state index is 0.0516. The van der Waals surface area contributed by atoms with Gasteiger partial charge in [-0.2, -0.15) is 4.91 Å². The molecule has 0 atom stereocenters. The van der Waals surface area contributed by atoms with E-state index in [9.17, 15) is 4.91 Å². The van der Waals surface area contributed by atoms with Crippen molar-refractivity contribution in [2.45, 2.75) is 0 Å². The standard InChI is InChI=1S/C15H14N2O2/c1-19-14-9-7-13(8-10-14)17-15(11-16-18)12-5-3-2-4-6-12/h2-10H,11H2,1H3. The maximum Gasteiger partial charge on any atom is 0.124 e. The number of nitrogens with zero attached hydrogens (tertiary/aromatic N) is 2. The number of hydrogen-bond acceptors (Lipinski definition) is 4. The number of aliphatic imine (C=N–C) groups is 1. The van der Waals surface area contributed by atoms with Crippen LogP contribution in [0.4, 0.5) is 5.69 Å². The van der Waals surface area contributed by atoms with Crippen LogP contribution in [0.15, 0.2) is 64.8 Å². The Morgan fingerprint density at radius 3 is 2.32 bits per heavy atom. The Balaban J connectivity index is 2.32. The highest BCUT2D eigenvalue weighted by molar-refractivity contribution is 6.03. The number of nitroso groups, excluding NO2 is 1. The van der Waals surface area contributed by atoms with Gasteiger partial charge in [-0.25, -0.2) is 0 Å². The first-order valence-electron chi connectivity index (χ1n) is 5.89. The molecule has 0 heterocycles. The molecular weight excluding hydrogens is 240 g/mol. The van der Waals surface area contributed by atoms with E-state index in [0.717, 1.165) is 17.0 Å². The quantitative estimate of drug-likeness (QED) is 0.604. The van der Waals surface area contributed by atoms with Gasteiger partial charge in [-0.3, -0.25) is 4.99 Å². The Morgan fingerprint density at radius 1 is 1.05 bits per heavy atom. The molecule has 0 amide bonds. The van der Waals surface area contributed by atoms with Crippen LogP contribution in [-0.2, 0) is 0 Å². The summed E-state index contributed by atoms with van der Waals surface area (Å²) >= 11 is 0. The lowest BCUT2D eigenvalue weighted by molar-refractivity contribution is 0.415. The highest BCUT2D eigenvalue weighted by Gasteiger charge is 2.03. The molecule has 0 aliphatic heterocycles. The minimum Gasteiger partial charge on any atom is -0.497 e. The van der Waals surface area contributed by atoms with Crippen molar-refractivity contribution in [3.05, 3.63) is 65.1 Å². The van der Waals surface area contributed by atoms with Crippen molar-refractivity contribution in [1.29, 1.82) is 0 Å². The molecule has 4 heteroatoms. The number of methoxy groups -OCH3 is 1. The lowest BCUT2D eigenvalue weighted by atomic mass is 10.1. The van der Waals surface area contributed by atoms with E-state index in [1.807, 2.05) is 54.6 Å². The highest BCUT2D eigenvalue weighted by Crippen LogP contribution is 2.19. The summed E-state index contributed by atoms with van der Waals surface area (Å²) in [7, 11) is 1.62. The largest absolute Gasteiger partial charge is 0.497 e. The van der Waals surface area contributed by atoms with Crippen LogP contribution in [0.1, 0.15) is 5.56 Å². The molecule has 0 aliphatic carbocycles. The van der Waals surface area contributed by atoms with Crippen LogP contribution in [0.3, 0.4) is 0 Å². The monoisotopic (exact) mass is 254 g/mol. The van der Waals surface area contributed by atoms with Crippen LogP contribution in [0.5, 0.6) is 5.75 Å². The maximum absolute atomic E-state index is 10.5. The van der Waals surface area contributed by atoms with Crippen LogP contribution in [0, 0.1) is 4.91 Å². The summed E-state index contributed by atoms with van der Waals surface area (Å²) in [6.07, 6.45) is 0. The number of rotatable bonds is 5. The lowest BCUT2D eigenvalue weighted by Gasteiger charge is -2.04. The van der Waals surface area contributed by atoms with E-state index in [1.165, 1.54) is 0 Å². The predicted octanol–water partition coefficient (Wildman–Crippen LogP) is 3.58. The van der Waals surface area contributed by atoms with Gasteiger partial charge in [0.2, 0.25) is 0 Å². The second-order valence-corrected chi connectivity index (χ2v) is 3.91. The molecule has 2 aromatic rings. The molecule has 0 saturated heterocycles. The fraction of sp³-hybridized carbons (Fsp3) is 0.133. The summed E-state index contributed by atoms with van der Waals surface area (Å²) in [6.45, 7) is 0.0516. The van der Waals surface area contributed by atoms with Crippen LogP contribution in [0.2, 0.25) is 0 Å². The SMILES string of the molecule is COc1ccc(N=C(CN=O)c2ccccc2)cc1. The van der Waals surface area contributed by atoms with Gasteiger partial charge < -0.3 is 4.74 Å². The summed E-state index contributed by atoms with van der Waals surface area (Å²) in [5.41, 5.74) is 2.32. The third-order valence-corrected chi connectivity index (χ3v) is 2.66. The van der Waals surface area contributed by atoms with E-state index >= 15 is 0 Å². The molecule has 0 N–H and O–H groups in total. The Labute approximate surface area is 111 Å². The Kier molecular flexibility index (Phi) is 4.39. The molecule has 96 valence electrons. The summed E-state index contributed by atoms with van der Waals surface area (Å²) in [4.78, 5) is 15.0. The molecule has 0 spiro atoms. The zero-order valence-electron chi connectivity index (χ0n) is 10.6. The second-order valence-electron chi connectivity index (χ2n) is 3.91. The van der Waals surface area contributed by atoms with Crippen molar-refractivity contribution in [3.8, 4) is 5.75 Å². The maximum atomic E-state index is 10.5. The number of ether oxygens (including phenoxy) is 1. The van der Waals surface area contributed by atoms with Gasteiger partial charge >= 0.3 is 0 Å². The third-order valence-electron chi connectivity index (χ3n) is 2.66. The molecule has 2 aromatic carbocycles. The number of benzene rings is 2. The zero-order valence-corrected chi connectivity index (χ0v) is 10.6. The Bertz CT molecular complexity index is 562. The van der Waals surface area contributed by atoms with Gasteiger partial charge in [-0.05, 0) is 29.8 Å². The summed E-state index contributed by atoms with van der Waals surface area (Å²) in [6, 6.07) is 16.9.